The summed E-state index contributed by atoms with van der Waals surface area (Å²) in [4.78, 5) is 27.4. The number of benzene rings is 1. The zero-order chi connectivity index (χ0) is 13.0. The van der Waals surface area contributed by atoms with E-state index in [9.17, 15) is 9.59 Å². The van der Waals surface area contributed by atoms with Gasteiger partial charge in [0.2, 0.25) is 0 Å². The largest absolute Gasteiger partial charge is 0.467 e. The number of rotatable bonds is 4. The monoisotopic (exact) mass is 263 g/mol. The van der Waals surface area contributed by atoms with Crippen LogP contribution in [0, 0.1) is 0 Å². The van der Waals surface area contributed by atoms with Crippen molar-refractivity contribution in [3.63, 3.8) is 0 Å². The van der Waals surface area contributed by atoms with Gasteiger partial charge in [0.25, 0.3) is 0 Å². The number of aliphatic imine (C=N–C) groups is 1. The minimum atomic E-state index is -0.460. The Morgan fingerprint density at radius 2 is 2.11 bits per heavy atom. The Labute approximate surface area is 109 Å². The van der Waals surface area contributed by atoms with Gasteiger partial charge in [-0.3, -0.25) is 9.79 Å². The van der Waals surface area contributed by atoms with Crippen LogP contribution in [0.25, 0.3) is 0 Å². The number of hydrogen-bond acceptors (Lipinski definition) is 5. The Morgan fingerprint density at radius 3 is 2.78 bits per heavy atom. The van der Waals surface area contributed by atoms with Crippen LogP contribution in [0.2, 0.25) is 0 Å². The van der Waals surface area contributed by atoms with Crippen molar-refractivity contribution in [2.24, 2.45) is 4.99 Å². The molecule has 0 saturated heterocycles. The lowest BCUT2D eigenvalue weighted by molar-refractivity contribution is -0.141. The molecule has 0 bridgehead atoms. The standard InChI is InChI=1S/C13H13NO3S/c1-17-13(16)10-8-18-12(14-10)7-11(15)9-5-3-2-4-6-9/h2-6,10H,7-8H2,1H3. The summed E-state index contributed by atoms with van der Waals surface area (Å²) >= 11 is 1.45. The highest BCUT2D eigenvalue weighted by molar-refractivity contribution is 8.14. The first kappa shape index (κ1) is 12.8. The van der Waals surface area contributed by atoms with Crippen LogP contribution in [0.15, 0.2) is 35.3 Å². The van der Waals surface area contributed by atoms with E-state index < -0.39 is 6.04 Å². The van der Waals surface area contributed by atoms with Gasteiger partial charge in [-0.1, -0.05) is 30.3 Å². The van der Waals surface area contributed by atoms with E-state index >= 15 is 0 Å². The number of methoxy groups -OCH3 is 1. The van der Waals surface area contributed by atoms with Crippen LogP contribution < -0.4 is 0 Å². The van der Waals surface area contributed by atoms with Gasteiger partial charge in [0.15, 0.2) is 11.8 Å². The maximum Gasteiger partial charge on any atom is 0.331 e. The quantitative estimate of drug-likeness (QED) is 0.615. The van der Waals surface area contributed by atoms with Crippen LogP contribution in [-0.2, 0) is 9.53 Å². The van der Waals surface area contributed by atoms with E-state index in [1.54, 1.807) is 12.1 Å². The van der Waals surface area contributed by atoms with Gasteiger partial charge in [-0.2, -0.15) is 0 Å². The number of ether oxygens (including phenoxy) is 1. The van der Waals surface area contributed by atoms with Crippen molar-refractivity contribution in [1.82, 2.24) is 0 Å². The second kappa shape index (κ2) is 5.82. The molecule has 0 radical (unpaired) electrons. The lowest BCUT2D eigenvalue weighted by atomic mass is 10.1. The molecule has 1 aliphatic rings. The van der Waals surface area contributed by atoms with Crippen molar-refractivity contribution in [2.45, 2.75) is 12.5 Å². The average Bonchev–Trinajstić information content (AvgIpc) is 2.87. The number of ketones is 1. The second-order valence-corrected chi connectivity index (χ2v) is 4.93. The predicted octanol–water partition coefficient (Wildman–Crippen LogP) is 1.95. The zero-order valence-corrected chi connectivity index (χ0v) is 10.8. The first-order valence-electron chi connectivity index (χ1n) is 5.56. The summed E-state index contributed by atoms with van der Waals surface area (Å²) in [6.07, 6.45) is 0.252. The highest BCUT2D eigenvalue weighted by atomic mass is 32.2. The molecule has 0 spiro atoms. The van der Waals surface area contributed by atoms with Crippen molar-refractivity contribution in [3.8, 4) is 0 Å². The third-order valence-electron chi connectivity index (χ3n) is 2.59. The van der Waals surface area contributed by atoms with Crippen molar-refractivity contribution < 1.29 is 14.3 Å². The molecule has 1 unspecified atom stereocenters. The number of nitrogens with zero attached hydrogens (tertiary/aromatic N) is 1. The lowest BCUT2D eigenvalue weighted by Gasteiger charge is -2.01. The molecule has 0 amide bonds. The van der Waals surface area contributed by atoms with Crippen LogP contribution in [0.3, 0.4) is 0 Å². The van der Waals surface area contributed by atoms with E-state index in [-0.39, 0.29) is 18.2 Å². The Balaban J connectivity index is 1.99. The third kappa shape index (κ3) is 2.98. The van der Waals surface area contributed by atoms with Crippen molar-refractivity contribution in [3.05, 3.63) is 35.9 Å². The Hall–Kier alpha value is -1.62. The molecule has 1 heterocycles. The molecule has 0 aliphatic carbocycles. The smallest absolute Gasteiger partial charge is 0.331 e. The van der Waals surface area contributed by atoms with Gasteiger partial charge >= 0.3 is 5.97 Å². The van der Waals surface area contributed by atoms with Crippen LogP contribution >= 0.6 is 11.8 Å². The molecule has 4 nitrogen and oxygen atoms in total. The first-order chi connectivity index (χ1) is 8.70. The SMILES string of the molecule is COC(=O)C1CSC(CC(=O)c2ccccc2)=N1. The van der Waals surface area contributed by atoms with Gasteiger partial charge in [-0.15, -0.1) is 11.8 Å². The number of carbonyl (C=O) groups is 2. The molecule has 1 aromatic rings. The minimum absolute atomic E-state index is 0.0207. The summed E-state index contributed by atoms with van der Waals surface area (Å²) in [6.45, 7) is 0. The van der Waals surface area contributed by atoms with Gasteiger partial charge in [0, 0.05) is 11.3 Å². The number of hydrogen-bond donors (Lipinski definition) is 0. The summed E-state index contributed by atoms with van der Waals surface area (Å²) < 4.78 is 4.63. The molecule has 0 saturated carbocycles. The molecule has 18 heavy (non-hydrogen) atoms. The highest BCUT2D eigenvalue weighted by Gasteiger charge is 2.26. The van der Waals surface area contributed by atoms with E-state index in [4.69, 9.17) is 0 Å². The van der Waals surface area contributed by atoms with E-state index in [0.717, 1.165) is 0 Å². The fraction of sp³-hybridized carbons (Fsp3) is 0.308. The molecule has 0 aromatic heterocycles. The Kier molecular flexibility index (Phi) is 4.15. The van der Waals surface area contributed by atoms with Crippen LogP contribution in [-0.4, -0.2) is 35.7 Å². The normalized spacial score (nSPS) is 18.3. The summed E-state index contributed by atoms with van der Waals surface area (Å²) in [5.41, 5.74) is 0.669. The average molecular weight is 263 g/mol. The Bertz CT molecular complexity index is 484. The third-order valence-corrected chi connectivity index (χ3v) is 3.65. The maximum atomic E-state index is 11.9. The van der Waals surface area contributed by atoms with Crippen molar-refractivity contribution >= 4 is 28.6 Å². The van der Waals surface area contributed by atoms with E-state index in [1.807, 2.05) is 18.2 Å². The van der Waals surface area contributed by atoms with Crippen molar-refractivity contribution in [1.29, 1.82) is 0 Å². The summed E-state index contributed by atoms with van der Waals surface area (Å²) in [5, 5.41) is 0.708. The van der Waals surface area contributed by atoms with Crippen LogP contribution in [0.1, 0.15) is 16.8 Å². The second-order valence-electron chi connectivity index (χ2n) is 3.84. The summed E-state index contributed by atoms with van der Waals surface area (Å²) in [6, 6.07) is 8.62. The Morgan fingerprint density at radius 1 is 1.39 bits per heavy atom. The van der Waals surface area contributed by atoms with E-state index in [2.05, 4.69) is 9.73 Å². The maximum absolute atomic E-state index is 11.9. The molecule has 5 heteroatoms. The zero-order valence-electron chi connectivity index (χ0n) is 9.96. The number of carbonyl (C=O) groups excluding carboxylic acids is 2. The van der Waals surface area contributed by atoms with Gasteiger partial charge in [0.1, 0.15) is 0 Å². The van der Waals surface area contributed by atoms with Gasteiger partial charge in [0.05, 0.1) is 18.6 Å². The fourth-order valence-electron chi connectivity index (χ4n) is 1.64. The molecule has 1 aliphatic heterocycles. The van der Waals surface area contributed by atoms with E-state index in [1.165, 1.54) is 18.9 Å². The first-order valence-corrected chi connectivity index (χ1v) is 6.55. The van der Waals surface area contributed by atoms with E-state index in [0.29, 0.717) is 16.4 Å². The number of thioether (sulfide) groups is 1. The summed E-state index contributed by atoms with van der Waals surface area (Å²) in [5.74, 6) is 0.237. The molecule has 1 atom stereocenters. The highest BCUT2D eigenvalue weighted by Crippen LogP contribution is 2.22. The topological polar surface area (TPSA) is 55.7 Å². The fourth-order valence-corrected chi connectivity index (χ4v) is 2.64. The molecule has 94 valence electrons. The van der Waals surface area contributed by atoms with Gasteiger partial charge < -0.3 is 4.74 Å². The summed E-state index contributed by atoms with van der Waals surface area (Å²) in [7, 11) is 1.34. The molecule has 1 aromatic carbocycles. The van der Waals surface area contributed by atoms with Crippen LogP contribution in [0.4, 0.5) is 0 Å². The van der Waals surface area contributed by atoms with Crippen LogP contribution in [0.5, 0.6) is 0 Å². The minimum Gasteiger partial charge on any atom is -0.467 e. The van der Waals surface area contributed by atoms with Crippen molar-refractivity contribution in [2.75, 3.05) is 12.9 Å². The predicted molar refractivity (Wildman–Crippen MR) is 71.1 cm³/mol. The molecule has 0 N–H and O–H groups in total. The molecule has 0 fully saturated rings. The molecular weight excluding hydrogens is 250 g/mol. The number of esters is 1. The molecule has 2 rings (SSSR count). The lowest BCUT2D eigenvalue weighted by Crippen LogP contribution is -2.19. The molecular formula is C13H13NO3S. The van der Waals surface area contributed by atoms with Gasteiger partial charge in [-0.05, 0) is 0 Å². The van der Waals surface area contributed by atoms with Gasteiger partial charge in [-0.25, -0.2) is 4.79 Å². The number of Topliss-reactive ketones (excluding diaryl/α,β-unsaturated/α-hetero) is 1.